The number of hydrogen-bond acceptors (Lipinski definition) is 4. The Hall–Kier alpha value is -2.57. The Morgan fingerprint density at radius 3 is 2.37 bits per heavy atom. The fourth-order valence-electron chi connectivity index (χ4n) is 2.60. The second-order valence-corrected chi connectivity index (χ2v) is 6.56. The van der Waals surface area contributed by atoms with Gasteiger partial charge in [-0.2, -0.15) is 0 Å². The van der Waals surface area contributed by atoms with Crippen LogP contribution in [0.3, 0.4) is 0 Å². The van der Waals surface area contributed by atoms with Crippen molar-refractivity contribution < 1.29 is 18.8 Å². The third-order valence-corrected chi connectivity index (χ3v) is 4.00. The fraction of sp³-hybridized carbons (Fsp3) is 0.550. The second-order valence-electron chi connectivity index (χ2n) is 6.56. The first kappa shape index (κ1) is 22.5. The minimum Gasteiger partial charge on any atom is -0.465 e. The molecule has 0 saturated carbocycles. The molecule has 0 radical (unpaired) electrons. The van der Waals surface area contributed by atoms with E-state index in [9.17, 15) is 14.4 Å². The van der Waals surface area contributed by atoms with Gasteiger partial charge in [-0.05, 0) is 37.5 Å². The van der Waals surface area contributed by atoms with Crippen molar-refractivity contribution in [2.45, 2.75) is 45.6 Å². The molecule has 1 heterocycles. The Kier molecular flexibility index (Phi) is 9.93. The summed E-state index contributed by atoms with van der Waals surface area (Å²) in [5.41, 5.74) is 0. The summed E-state index contributed by atoms with van der Waals surface area (Å²) in [5, 5.41) is 2.74. The summed E-state index contributed by atoms with van der Waals surface area (Å²) in [6, 6.07) is 2.72. The quantitative estimate of drug-likeness (QED) is 0.600. The van der Waals surface area contributed by atoms with Gasteiger partial charge in [-0.1, -0.05) is 13.8 Å². The maximum absolute atomic E-state index is 12.9. The SMILES string of the molecule is CCCN(CCC)C(=O)C(CCC(=O)N(C)C)NC(=O)C=Cc1ccco1. The van der Waals surface area contributed by atoms with Crippen molar-refractivity contribution in [2.75, 3.05) is 27.2 Å². The zero-order valence-corrected chi connectivity index (χ0v) is 16.7. The molecule has 1 aromatic rings. The number of rotatable bonds is 11. The topological polar surface area (TPSA) is 82.9 Å². The molecule has 27 heavy (non-hydrogen) atoms. The number of carbonyl (C=O) groups excluding carboxylic acids is 3. The highest BCUT2D eigenvalue weighted by Crippen LogP contribution is 2.08. The smallest absolute Gasteiger partial charge is 0.245 e. The van der Waals surface area contributed by atoms with Crippen molar-refractivity contribution in [1.29, 1.82) is 0 Å². The lowest BCUT2D eigenvalue weighted by atomic mass is 10.1. The monoisotopic (exact) mass is 377 g/mol. The summed E-state index contributed by atoms with van der Waals surface area (Å²) in [6.45, 7) is 5.27. The first-order valence-electron chi connectivity index (χ1n) is 9.40. The van der Waals surface area contributed by atoms with Crippen LogP contribution in [0, 0.1) is 0 Å². The van der Waals surface area contributed by atoms with Crippen LogP contribution in [0.25, 0.3) is 6.08 Å². The van der Waals surface area contributed by atoms with Crippen LogP contribution in [-0.4, -0.2) is 60.7 Å². The molecule has 150 valence electrons. The normalized spacial score (nSPS) is 12.0. The highest BCUT2D eigenvalue weighted by atomic mass is 16.3. The van der Waals surface area contributed by atoms with Crippen molar-refractivity contribution in [3.05, 3.63) is 30.2 Å². The minimum absolute atomic E-state index is 0.0780. The molecule has 0 aliphatic carbocycles. The van der Waals surface area contributed by atoms with Crippen LogP contribution in [0.4, 0.5) is 0 Å². The van der Waals surface area contributed by atoms with Gasteiger partial charge in [0.1, 0.15) is 11.8 Å². The van der Waals surface area contributed by atoms with Gasteiger partial charge in [0.2, 0.25) is 17.7 Å². The van der Waals surface area contributed by atoms with Crippen molar-refractivity contribution in [3.63, 3.8) is 0 Å². The molecule has 0 aliphatic heterocycles. The Morgan fingerprint density at radius 2 is 1.85 bits per heavy atom. The van der Waals surface area contributed by atoms with Crippen molar-refractivity contribution in [2.24, 2.45) is 0 Å². The summed E-state index contributed by atoms with van der Waals surface area (Å²) >= 11 is 0. The van der Waals surface area contributed by atoms with E-state index < -0.39 is 11.9 Å². The van der Waals surface area contributed by atoms with Gasteiger partial charge in [-0.25, -0.2) is 0 Å². The third kappa shape index (κ3) is 8.11. The molecule has 0 bridgehead atoms. The Labute approximate surface area is 161 Å². The lowest BCUT2D eigenvalue weighted by Crippen LogP contribution is -2.49. The molecular formula is C20H31N3O4. The molecule has 0 spiro atoms. The van der Waals surface area contributed by atoms with Gasteiger partial charge < -0.3 is 19.5 Å². The van der Waals surface area contributed by atoms with E-state index in [0.29, 0.717) is 18.8 Å². The molecule has 0 aromatic carbocycles. The van der Waals surface area contributed by atoms with Gasteiger partial charge in [0.25, 0.3) is 0 Å². The highest BCUT2D eigenvalue weighted by Gasteiger charge is 2.25. The molecule has 7 heteroatoms. The van der Waals surface area contributed by atoms with E-state index in [2.05, 4.69) is 5.32 Å². The van der Waals surface area contributed by atoms with Crippen molar-refractivity contribution in [1.82, 2.24) is 15.1 Å². The summed E-state index contributed by atoms with van der Waals surface area (Å²) in [6.07, 6.45) is 6.51. The molecule has 0 fully saturated rings. The van der Waals surface area contributed by atoms with Gasteiger partial charge in [-0.3, -0.25) is 14.4 Å². The summed E-state index contributed by atoms with van der Waals surface area (Å²) in [4.78, 5) is 40.3. The van der Waals surface area contributed by atoms with Gasteiger partial charge in [0.15, 0.2) is 0 Å². The number of nitrogens with zero attached hydrogens (tertiary/aromatic N) is 2. The molecule has 0 saturated heterocycles. The average molecular weight is 377 g/mol. The van der Waals surface area contributed by atoms with Crippen LogP contribution in [-0.2, 0) is 14.4 Å². The molecule has 3 amide bonds. The van der Waals surface area contributed by atoms with E-state index in [-0.39, 0.29) is 24.7 Å². The minimum atomic E-state index is -0.735. The standard InChI is InChI=1S/C20H31N3O4/c1-5-13-23(14-6-2)20(26)17(10-12-19(25)22(3)4)21-18(24)11-9-16-8-7-15-27-16/h7-9,11,15,17H,5-6,10,12-14H2,1-4H3,(H,21,24). The molecule has 0 aliphatic rings. The van der Waals surface area contributed by atoms with Crippen LogP contribution in [0.5, 0.6) is 0 Å². The van der Waals surface area contributed by atoms with E-state index in [1.54, 1.807) is 31.1 Å². The van der Waals surface area contributed by atoms with Gasteiger partial charge in [0, 0.05) is 39.7 Å². The summed E-state index contributed by atoms with van der Waals surface area (Å²) in [5.74, 6) is -0.0693. The second kappa shape index (κ2) is 11.9. The first-order valence-corrected chi connectivity index (χ1v) is 9.40. The molecule has 7 nitrogen and oxygen atoms in total. The lowest BCUT2D eigenvalue weighted by Gasteiger charge is -2.27. The van der Waals surface area contributed by atoms with E-state index in [1.807, 2.05) is 13.8 Å². The maximum atomic E-state index is 12.9. The van der Waals surface area contributed by atoms with Crippen LogP contribution in [0.2, 0.25) is 0 Å². The molecular weight excluding hydrogens is 346 g/mol. The lowest BCUT2D eigenvalue weighted by molar-refractivity contribution is -0.136. The van der Waals surface area contributed by atoms with Gasteiger partial charge in [-0.15, -0.1) is 0 Å². The van der Waals surface area contributed by atoms with Gasteiger partial charge in [0.05, 0.1) is 6.26 Å². The van der Waals surface area contributed by atoms with E-state index in [1.165, 1.54) is 23.3 Å². The van der Waals surface area contributed by atoms with Crippen molar-refractivity contribution in [3.8, 4) is 0 Å². The number of nitrogens with one attached hydrogen (secondary N) is 1. The third-order valence-electron chi connectivity index (χ3n) is 4.00. The fourth-order valence-corrected chi connectivity index (χ4v) is 2.60. The van der Waals surface area contributed by atoms with Gasteiger partial charge >= 0.3 is 0 Å². The van der Waals surface area contributed by atoms with Crippen LogP contribution in [0.1, 0.15) is 45.3 Å². The zero-order chi connectivity index (χ0) is 20.2. The number of amides is 3. The van der Waals surface area contributed by atoms with Crippen molar-refractivity contribution >= 4 is 23.8 Å². The Bertz CT molecular complexity index is 617. The van der Waals surface area contributed by atoms with Crippen LogP contribution in [0.15, 0.2) is 28.9 Å². The number of furan rings is 1. The summed E-state index contributed by atoms with van der Waals surface area (Å²) in [7, 11) is 3.34. The predicted molar refractivity (Wildman–Crippen MR) is 105 cm³/mol. The number of hydrogen-bond donors (Lipinski definition) is 1. The Morgan fingerprint density at radius 1 is 1.19 bits per heavy atom. The maximum Gasteiger partial charge on any atom is 0.245 e. The molecule has 1 unspecified atom stereocenters. The summed E-state index contributed by atoms with van der Waals surface area (Å²) < 4.78 is 5.15. The van der Waals surface area contributed by atoms with E-state index >= 15 is 0 Å². The molecule has 1 rings (SSSR count). The largest absolute Gasteiger partial charge is 0.465 e. The highest BCUT2D eigenvalue weighted by molar-refractivity contribution is 5.95. The number of carbonyl (C=O) groups is 3. The van der Waals surface area contributed by atoms with Crippen LogP contribution >= 0.6 is 0 Å². The predicted octanol–water partition coefficient (Wildman–Crippen LogP) is 2.29. The van der Waals surface area contributed by atoms with E-state index in [4.69, 9.17) is 4.42 Å². The molecule has 1 atom stereocenters. The Balaban J connectivity index is 2.83. The first-order chi connectivity index (χ1) is 12.9. The molecule has 1 N–H and O–H groups in total. The average Bonchev–Trinajstić information content (AvgIpc) is 3.15. The zero-order valence-electron chi connectivity index (χ0n) is 16.7. The molecule has 1 aromatic heterocycles. The van der Waals surface area contributed by atoms with Crippen LogP contribution < -0.4 is 5.32 Å². The van der Waals surface area contributed by atoms with E-state index in [0.717, 1.165) is 12.8 Å².